The van der Waals surface area contributed by atoms with Crippen LogP contribution >= 0.6 is 11.6 Å². The molecule has 0 spiro atoms. The first kappa shape index (κ1) is 12.5. The van der Waals surface area contributed by atoms with E-state index in [4.69, 9.17) is 21.8 Å². The molecule has 2 rings (SSSR count). The molecule has 1 heterocycles. The molecule has 3 heteroatoms. The molecule has 2 N–H and O–H groups in total. The summed E-state index contributed by atoms with van der Waals surface area (Å²) in [7, 11) is 0. The summed E-state index contributed by atoms with van der Waals surface area (Å²) in [5.41, 5.74) is 9.06. The first-order chi connectivity index (χ1) is 8.04. The molecule has 0 bridgehead atoms. The molecular formula is C14H18ClNO. The summed E-state index contributed by atoms with van der Waals surface area (Å²) in [4.78, 5) is 0. The predicted octanol–water partition coefficient (Wildman–Crippen LogP) is 4.50. The fourth-order valence-electron chi connectivity index (χ4n) is 2.14. The second-order valence-electron chi connectivity index (χ2n) is 4.59. The Labute approximate surface area is 107 Å². The third-order valence-corrected chi connectivity index (χ3v) is 3.75. The second-order valence-corrected chi connectivity index (χ2v) is 4.97. The van der Waals surface area contributed by atoms with Crippen LogP contribution in [0.2, 0.25) is 5.02 Å². The van der Waals surface area contributed by atoms with E-state index in [0.29, 0.717) is 0 Å². The van der Waals surface area contributed by atoms with Gasteiger partial charge in [-0.3, -0.25) is 0 Å². The Morgan fingerprint density at radius 3 is 2.71 bits per heavy atom. The maximum atomic E-state index is 6.23. The van der Waals surface area contributed by atoms with Gasteiger partial charge in [-0.2, -0.15) is 0 Å². The highest BCUT2D eigenvalue weighted by atomic mass is 35.5. The van der Waals surface area contributed by atoms with Crippen molar-refractivity contribution in [3.05, 3.63) is 34.0 Å². The highest BCUT2D eigenvalue weighted by molar-refractivity contribution is 6.33. The quantitative estimate of drug-likeness (QED) is 0.872. The summed E-state index contributed by atoms with van der Waals surface area (Å²) in [5, 5.41) is 1.89. The van der Waals surface area contributed by atoms with Crippen LogP contribution in [-0.2, 0) is 0 Å². The number of furan rings is 1. The van der Waals surface area contributed by atoms with E-state index in [-0.39, 0.29) is 6.04 Å². The van der Waals surface area contributed by atoms with E-state index in [1.54, 1.807) is 0 Å². The lowest BCUT2D eigenvalue weighted by molar-refractivity contribution is 0.475. The molecule has 2 nitrogen and oxygen atoms in total. The maximum absolute atomic E-state index is 6.23. The molecule has 0 amide bonds. The molecule has 0 aliphatic heterocycles. The van der Waals surface area contributed by atoms with Crippen molar-refractivity contribution in [3.63, 3.8) is 0 Å². The summed E-state index contributed by atoms with van der Waals surface area (Å²) in [6.45, 7) is 6.13. The topological polar surface area (TPSA) is 39.2 Å². The SMILES string of the molecule is CCCC(N)c1cc2c(C)c(Cl)c(C)cc2o1. The van der Waals surface area contributed by atoms with Gasteiger partial charge in [-0.05, 0) is 43.5 Å². The van der Waals surface area contributed by atoms with Crippen LogP contribution in [0.4, 0.5) is 0 Å². The van der Waals surface area contributed by atoms with Crippen molar-refractivity contribution in [1.29, 1.82) is 0 Å². The van der Waals surface area contributed by atoms with E-state index < -0.39 is 0 Å². The lowest BCUT2D eigenvalue weighted by atomic mass is 10.1. The monoisotopic (exact) mass is 251 g/mol. The summed E-state index contributed by atoms with van der Waals surface area (Å²) in [5.74, 6) is 0.853. The van der Waals surface area contributed by atoms with E-state index in [0.717, 1.165) is 45.7 Å². The van der Waals surface area contributed by atoms with Crippen molar-refractivity contribution < 1.29 is 4.42 Å². The van der Waals surface area contributed by atoms with Crippen LogP contribution in [0, 0.1) is 13.8 Å². The summed E-state index contributed by atoms with van der Waals surface area (Å²) >= 11 is 6.23. The van der Waals surface area contributed by atoms with Crippen LogP contribution in [-0.4, -0.2) is 0 Å². The van der Waals surface area contributed by atoms with Crippen molar-refractivity contribution in [2.75, 3.05) is 0 Å². The van der Waals surface area contributed by atoms with E-state index >= 15 is 0 Å². The molecule has 17 heavy (non-hydrogen) atoms. The Morgan fingerprint density at radius 1 is 1.35 bits per heavy atom. The van der Waals surface area contributed by atoms with Crippen molar-refractivity contribution in [1.82, 2.24) is 0 Å². The average Bonchev–Trinajstić information content (AvgIpc) is 2.70. The molecule has 1 unspecified atom stereocenters. The van der Waals surface area contributed by atoms with Crippen LogP contribution in [0.25, 0.3) is 11.0 Å². The number of rotatable bonds is 3. The molecule has 0 saturated carbocycles. The van der Waals surface area contributed by atoms with Crippen molar-refractivity contribution in [3.8, 4) is 0 Å². The third-order valence-electron chi connectivity index (χ3n) is 3.17. The average molecular weight is 252 g/mol. The Morgan fingerprint density at radius 2 is 2.06 bits per heavy atom. The zero-order chi connectivity index (χ0) is 12.6. The number of aryl methyl sites for hydroxylation is 2. The van der Waals surface area contributed by atoms with E-state index in [1.165, 1.54) is 0 Å². The molecule has 1 atom stereocenters. The van der Waals surface area contributed by atoms with E-state index in [1.807, 2.05) is 26.0 Å². The fraction of sp³-hybridized carbons (Fsp3) is 0.429. The van der Waals surface area contributed by atoms with E-state index in [9.17, 15) is 0 Å². The number of nitrogens with two attached hydrogens (primary N) is 1. The van der Waals surface area contributed by atoms with Gasteiger partial charge in [0.2, 0.25) is 0 Å². The Kier molecular flexibility index (Phi) is 3.45. The Bertz CT molecular complexity index is 545. The summed E-state index contributed by atoms with van der Waals surface area (Å²) in [6.07, 6.45) is 1.99. The number of hydrogen-bond donors (Lipinski definition) is 1. The molecule has 1 aromatic heterocycles. The van der Waals surface area contributed by atoms with Crippen molar-refractivity contribution in [2.24, 2.45) is 5.73 Å². The fourth-order valence-corrected chi connectivity index (χ4v) is 2.29. The third kappa shape index (κ3) is 2.20. The molecule has 0 aliphatic rings. The first-order valence-electron chi connectivity index (χ1n) is 5.99. The lowest BCUT2D eigenvalue weighted by Gasteiger charge is -2.04. The predicted molar refractivity (Wildman–Crippen MR) is 72.5 cm³/mol. The van der Waals surface area contributed by atoms with Gasteiger partial charge in [0.05, 0.1) is 6.04 Å². The number of fused-ring (bicyclic) bond motifs is 1. The van der Waals surface area contributed by atoms with Gasteiger partial charge < -0.3 is 10.2 Å². The van der Waals surface area contributed by atoms with Crippen molar-refractivity contribution in [2.45, 2.75) is 39.7 Å². The lowest BCUT2D eigenvalue weighted by Crippen LogP contribution is -2.08. The zero-order valence-electron chi connectivity index (χ0n) is 10.5. The van der Waals surface area contributed by atoms with Gasteiger partial charge in [-0.1, -0.05) is 24.9 Å². The number of halogens is 1. The van der Waals surface area contributed by atoms with Gasteiger partial charge in [0, 0.05) is 10.4 Å². The molecule has 1 aromatic carbocycles. The van der Waals surface area contributed by atoms with E-state index in [2.05, 4.69) is 6.92 Å². The summed E-state index contributed by atoms with van der Waals surface area (Å²) < 4.78 is 5.82. The number of hydrogen-bond acceptors (Lipinski definition) is 2. The van der Waals surface area contributed by atoms with Gasteiger partial charge in [0.25, 0.3) is 0 Å². The normalized spacial score (nSPS) is 13.2. The molecular weight excluding hydrogens is 234 g/mol. The van der Waals surface area contributed by atoms with Gasteiger partial charge in [-0.25, -0.2) is 0 Å². The minimum atomic E-state index is -0.0223. The molecule has 92 valence electrons. The number of benzene rings is 1. The van der Waals surface area contributed by atoms with Gasteiger partial charge >= 0.3 is 0 Å². The van der Waals surface area contributed by atoms with Crippen LogP contribution < -0.4 is 5.73 Å². The molecule has 0 aliphatic carbocycles. The van der Waals surface area contributed by atoms with Crippen LogP contribution in [0.3, 0.4) is 0 Å². The highest BCUT2D eigenvalue weighted by Crippen LogP contribution is 2.33. The summed E-state index contributed by atoms with van der Waals surface area (Å²) in [6, 6.07) is 3.98. The van der Waals surface area contributed by atoms with Crippen LogP contribution in [0.15, 0.2) is 16.5 Å². The Hall–Kier alpha value is -0.990. The minimum absolute atomic E-state index is 0.0223. The van der Waals surface area contributed by atoms with Crippen LogP contribution in [0.1, 0.15) is 42.7 Å². The largest absolute Gasteiger partial charge is 0.459 e. The van der Waals surface area contributed by atoms with Gasteiger partial charge in [0.15, 0.2) is 0 Å². The van der Waals surface area contributed by atoms with Gasteiger partial charge in [0.1, 0.15) is 11.3 Å². The molecule has 0 radical (unpaired) electrons. The smallest absolute Gasteiger partial charge is 0.135 e. The second kappa shape index (κ2) is 4.71. The van der Waals surface area contributed by atoms with Crippen molar-refractivity contribution >= 4 is 22.6 Å². The highest BCUT2D eigenvalue weighted by Gasteiger charge is 2.14. The standard InChI is InChI=1S/C14H18ClNO/c1-4-5-11(16)13-7-10-9(3)14(15)8(2)6-12(10)17-13/h6-7,11H,4-5,16H2,1-3H3. The Balaban J connectivity index is 2.54. The molecule has 2 aromatic rings. The maximum Gasteiger partial charge on any atom is 0.135 e. The zero-order valence-corrected chi connectivity index (χ0v) is 11.3. The van der Waals surface area contributed by atoms with Gasteiger partial charge in [-0.15, -0.1) is 0 Å². The molecule has 0 fully saturated rings. The minimum Gasteiger partial charge on any atom is -0.459 e. The molecule has 0 saturated heterocycles. The first-order valence-corrected chi connectivity index (χ1v) is 6.37. The van der Waals surface area contributed by atoms with Crippen LogP contribution in [0.5, 0.6) is 0 Å².